The lowest BCUT2D eigenvalue weighted by atomic mass is 10.1. The summed E-state index contributed by atoms with van der Waals surface area (Å²) in [6.07, 6.45) is 0. The summed E-state index contributed by atoms with van der Waals surface area (Å²) in [6, 6.07) is 11.9. The van der Waals surface area contributed by atoms with Crippen molar-refractivity contribution in [1.29, 1.82) is 0 Å². The molecule has 0 aliphatic heterocycles. The minimum absolute atomic E-state index is 0.128. The van der Waals surface area contributed by atoms with E-state index >= 15 is 0 Å². The molecular weight excluding hydrogens is 286 g/mol. The molecular formula is C16H17NO3S. The number of aryl methyl sites for hydroxylation is 3. The Bertz CT molecular complexity index is 795. The van der Waals surface area contributed by atoms with Crippen LogP contribution in [0.5, 0.6) is 0 Å². The van der Waals surface area contributed by atoms with Gasteiger partial charge in [0, 0.05) is 5.56 Å². The van der Waals surface area contributed by atoms with Crippen LogP contribution in [-0.4, -0.2) is 14.3 Å². The number of rotatable bonds is 3. The van der Waals surface area contributed by atoms with Crippen LogP contribution in [0, 0.1) is 20.8 Å². The summed E-state index contributed by atoms with van der Waals surface area (Å²) in [4.78, 5) is 12.2. The minimum atomic E-state index is -3.87. The summed E-state index contributed by atoms with van der Waals surface area (Å²) in [5, 5.41) is 0. The maximum atomic E-state index is 12.3. The Morgan fingerprint density at radius 1 is 0.952 bits per heavy atom. The fourth-order valence-electron chi connectivity index (χ4n) is 2.02. The third-order valence-corrected chi connectivity index (χ3v) is 4.61. The fourth-order valence-corrected chi connectivity index (χ4v) is 3.32. The molecule has 0 atom stereocenters. The Kier molecular flexibility index (Phi) is 4.14. The molecule has 2 rings (SSSR count). The topological polar surface area (TPSA) is 63.2 Å². The highest BCUT2D eigenvalue weighted by Crippen LogP contribution is 2.17. The SMILES string of the molecule is Cc1cccc(C(=O)NS(=O)(=O)c2cc(C)ccc2C)c1. The van der Waals surface area contributed by atoms with Crippen molar-refractivity contribution in [3.63, 3.8) is 0 Å². The molecule has 0 saturated heterocycles. The van der Waals surface area contributed by atoms with Gasteiger partial charge >= 0.3 is 0 Å². The molecule has 1 amide bonds. The van der Waals surface area contributed by atoms with E-state index in [1.54, 1.807) is 44.2 Å². The van der Waals surface area contributed by atoms with E-state index in [4.69, 9.17) is 0 Å². The molecule has 2 aromatic rings. The van der Waals surface area contributed by atoms with Gasteiger partial charge in [-0.25, -0.2) is 13.1 Å². The van der Waals surface area contributed by atoms with E-state index in [9.17, 15) is 13.2 Å². The third-order valence-electron chi connectivity index (χ3n) is 3.14. The second-order valence-corrected chi connectivity index (χ2v) is 6.72. The lowest BCUT2D eigenvalue weighted by Crippen LogP contribution is -2.31. The number of benzene rings is 2. The monoisotopic (exact) mass is 303 g/mol. The molecule has 0 heterocycles. The van der Waals surface area contributed by atoms with Gasteiger partial charge in [0.2, 0.25) is 0 Å². The van der Waals surface area contributed by atoms with Crippen LogP contribution in [0.4, 0.5) is 0 Å². The zero-order valence-corrected chi connectivity index (χ0v) is 13.0. The zero-order valence-electron chi connectivity index (χ0n) is 12.2. The maximum absolute atomic E-state index is 12.3. The molecule has 4 nitrogen and oxygen atoms in total. The lowest BCUT2D eigenvalue weighted by molar-refractivity contribution is 0.0981. The Hall–Kier alpha value is -2.14. The van der Waals surface area contributed by atoms with Crippen LogP contribution in [0.15, 0.2) is 47.4 Å². The van der Waals surface area contributed by atoms with E-state index in [2.05, 4.69) is 4.72 Å². The first-order valence-corrected chi connectivity index (χ1v) is 7.99. The first kappa shape index (κ1) is 15.3. The fraction of sp³-hybridized carbons (Fsp3) is 0.188. The zero-order chi connectivity index (χ0) is 15.6. The molecule has 110 valence electrons. The third kappa shape index (κ3) is 3.49. The molecule has 0 aliphatic rings. The Morgan fingerprint density at radius 3 is 2.29 bits per heavy atom. The molecule has 21 heavy (non-hydrogen) atoms. The van der Waals surface area contributed by atoms with Crippen molar-refractivity contribution in [2.75, 3.05) is 0 Å². The van der Waals surface area contributed by atoms with Crippen molar-refractivity contribution < 1.29 is 13.2 Å². The molecule has 0 aromatic heterocycles. The van der Waals surface area contributed by atoms with Crippen molar-refractivity contribution in [3.05, 3.63) is 64.7 Å². The normalized spacial score (nSPS) is 11.2. The van der Waals surface area contributed by atoms with Gasteiger partial charge < -0.3 is 0 Å². The van der Waals surface area contributed by atoms with Gasteiger partial charge in [-0.15, -0.1) is 0 Å². The van der Waals surface area contributed by atoms with Crippen molar-refractivity contribution in [1.82, 2.24) is 4.72 Å². The highest BCUT2D eigenvalue weighted by molar-refractivity contribution is 7.90. The van der Waals surface area contributed by atoms with Gasteiger partial charge in [-0.05, 0) is 50.1 Å². The van der Waals surface area contributed by atoms with Crippen molar-refractivity contribution in [2.45, 2.75) is 25.7 Å². The number of hydrogen-bond acceptors (Lipinski definition) is 3. The van der Waals surface area contributed by atoms with Crippen LogP contribution in [-0.2, 0) is 10.0 Å². The van der Waals surface area contributed by atoms with Gasteiger partial charge in [-0.2, -0.15) is 0 Å². The van der Waals surface area contributed by atoms with Crippen LogP contribution in [0.2, 0.25) is 0 Å². The maximum Gasteiger partial charge on any atom is 0.265 e. The number of sulfonamides is 1. The molecule has 0 radical (unpaired) electrons. The predicted molar refractivity (Wildman–Crippen MR) is 81.7 cm³/mol. The van der Waals surface area contributed by atoms with Crippen molar-refractivity contribution >= 4 is 15.9 Å². The minimum Gasteiger partial charge on any atom is -0.268 e. The van der Waals surface area contributed by atoms with Crippen LogP contribution in [0.1, 0.15) is 27.0 Å². The second kappa shape index (κ2) is 5.69. The van der Waals surface area contributed by atoms with Gasteiger partial charge in [0.05, 0.1) is 4.90 Å². The summed E-state index contributed by atoms with van der Waals surface area (Å²) in [5.41, 5.74) is 2.64. The molecule has 0 saturated carbocycles. The van der Waals surface area contributed by atoms with E-state index in [-0.39, 0.29) is 4.90 Å². The summed E-state index contributed by atoms with van der Waals surface area (Å²) in [7, 11) is -3.87. The van der Waals surface area contributed by atoms with Gasteiger partial charge in [0.25, 0.3) is 15.9 Å². The molecule has 0 fully saturated rings. The Morgan fingerprint density at radius 2 is 1.62 bits per heavy atom. The Balaban J connectivity index is 2.33. The molecule has 5 heteroatoms. The lowest BCUT2D eigenvalue weighted by Gasteiger charge is -2.10. The molecule has 0 spiro atoms. The van der Waals surface area contributed by atoms with Gasteiger partial charge in [-0.1, -0.05) is 29.8 Å². The molecule has 0 unspecified atom stereocenters. The number of hydrogen-bond donors (Lipinski definition) is 1. The highest BCUT2D eigenvalue weighted by atomic mass is 32.2. The number of nitrogens with one attached hydrogen (secondary N) is 1. The average Bonchev–Trinajstić information content (AvgIpc) is 2.41. The van der Waals surface area contributed by atoms with Crippen molar-refractivity contribution in [2.24, 2.45) is 0 Å². The molecule has 1 N–H and O–H groups in total. The average molecular weight is 303 g/mol. The van der Waals surface area contributed by atoms with Crippen LogP contribution in [0.25, 0.3) is 0 Å². The molecule has 0 bridgehead atoms. The van der Waals surface area contributed by atoms with E-state index in [1.165, 1.54) is 0 Å². The Labute approximate surface area is 124 Å². The van der Waals surface area contributed by atoms with Crippen LogP contribution < -0.4 is 4.72 Å². The predicted octanol–water partition coefficient (Wildman–Crippen LogP) is 2.73. The summed E-state index contributed by atoms with van der Waals surface area (Å²) >= 11 is 0. The van der Waals surface area contributed by atoms with E-state index in [1.807, 2.05) is 19.1 Å². The number of carbonyl (C=O) groups excluding carboxylic acids is 1. The van der Waals surface area contributed by atoms with Gasteiger partial charge in [-0.3, -0.25) is 4.79 Å². The highest BCUT2D eigenvalue weighted by Gasteiger charge is 2.20. The first-order valence-electron chi connectivity index (χ1n) is 6.51. The van der Waals surface area contributed by atoms with Crippen molar-refractivity contribution in [3.8, 4) is 0 Å². The molecule has 2 aromatic carbocycles. The number of amides is 1. The smallest absolute Gasteiger partial charge is 0.265 e. The van der Waals surface area contributed by atoms with E-state index in [0.29, 0.717) is 11.1 Å². The van der Waals surface area contributed by atoms with Crippen LogP contribution >= 0.6 is 0 Å². The summed E-state index contributed by atoms with van der Waals surface area (Å²) < 4.78 is 26.8. The van der Waals surface area contributed by atoms with Crippen LogP contribution in [0.3, 0.4) is 0 Å². The van der Waals surface area contributed by atoms with Gasteiger partial charge in [0.1, 0.15) is 0 Å². The van der Waals surface area contributed by atoms with E-state index in [0.717, 1.165) is 11.1 Å². The quantitative estimate of drug-likeness (QED) is 0.948. The standard InChI is InChI=1S/C16H17NO3S/c1-11-5-4-6-14(9-11)16(18)17-21(19,20)15-10-12(2)7-8-13(15)3/h4-10H,1-3H3,(H,17,18). The summed E-state index contributed by atoms with van der Waals surface area (Å²) in [5.74, 6) is -0.625. The largest absolute Gasteiger partial charge is 0.268 e. The molecule has 0 aliphatic carbocycles. The number of carbonyl (C=O) groups is 1. The van der Waals surface area contributed by atoms with Gasteiger partial charge in [0.15, 0.2) is 0 Å². The summed E-state index contributed by atoms with van der Waals surface area (Å²) in [6.45, 7) is 5.35. The van der Waals surface area contributed by atoms with E-state index < -0.39 is 15.9 Å². The second-order valence-electron chi connectivity index (χ2n) is 5.07. The first-order chi connectivity index (χ1) is 9.79.